The Balaban J connectivity index is 0.000000135. The van der Waals surface area contributed by atoms with Crippen molar-refractivity contribution in [2.45, 2.75) is 136 Å². The normalized spacial score (nSPS) is 17.6. The lowest BCUT2D eigenvalue weighted by atomic mass is 9.98. The first kappa shape index (κ1) is 89.0. The fourth-order valence-corrected chi connectivity index (χ4v) is 15.7. The van der Waals surface area contributed by atoms with Gasteiger partial charge in [-0.25, -0.2) is 0 Å². The van der Waals surface area contributed by atoms with Crippen LogP contribution in [-0.4, -0.2) is 152 Å². The van der Waals surface area contributed by atoms with E-state index in [1.165, 1.54) is 28.8 Å². The third-order valence-electron chi connectivity index (χ3n) is 22.0. The van der Waals surface area contributed by atoms with Crippen molar-refractivity contribution in [3.63, 3.8) is 0 Å². The molecule has 0 aliphatic carbocycles. The van der Waals surface area contributed by atoms with Crippen LogP contribution in [0.1, 0.15) is 121 Å². The lowest BCUT2D eigenvalue weighted by Crippen LogP contribution is -2.47. The van der Waals surface area contributed by atoms with E-state index in [1.54, 1.807) is 25.1 Å². The van der Waals surface area contributed by atoms with Crippen LogP contribution in [0, 0.1) is 0 Å². The second kappa shape index (κ2) is 40.0. The number of alkyl halides is 4. The molecule has 1 aromatic heterocycles. The number of hydrogen-bond acceptors (Lipinski definition) is 16. The Morgan fingerprint density at radius 1 is 0.440 bits per heavy atom. The van der Waals surface area contributed by atoms with Gasteiger partial charge in [-0.05, 0) is 167 Å². The molecule has 17 rings (SSSR count). The number of carbonyl (C=O) groups is 8. The van der Waals surface area contributed by atoms with Crippen molar-refractivity contribution in [1.82, 2.24) is 14.8 Å². The molecular weight excluding hydrogens is 1590 g/mol. The van der Waals surface area contributed by atoms with Crippen LogP contribution in [0.4, 0.5) is 80.1 Å². The summed E-state index contributed by atoms with van der Waals surface area (Å²) in [6, 6.07) is 68.0. The molecule has 23 nitrogen and oxygen atoms in total. The van der Waals surface area contributed by atoms with E-state index >= 15 is 0 Å². The molecule has 6 amide bonds. The highest BCUT2D eigenvalue weighted by molar-refractivity contribution is 6.10. The highest BCUT2D eigenvalue weighted by Crippen LogP contribution is 2.42. The van der Waals surface area contributed by atoms with Crippen molar-refractivity contribution in [2.75, 3.05) is 105 Å². The van der Waals surface area contributed by atoms with Gasteiger partial charge in [-0.3, -0.25) is 38.4 Å². The third kappa shape index (κ3) is 22.7. The van der Waals surface area contributed by atoms with Gasteiger partial charge in [-0.2, -0.15) is 17.6 Å². The Kier molecular flexibility index (Phi) is 28.5. The van der Waals surface area contributed by atoms with Crippen molar-refractivity contribution >= 4 is 120 Å². The van der Waals surface area contributed by atoms with Crippen LogP contribution < -0.4 is 62.8 Å². The van der Waals surface area contributed by atoms with E-state index in [2.05, 4.69) is 153 Å². The number of hydrogen-bond donors (Lipinski definition) is 11. The number of aryl methyl sites for hydroxylation is 1. The van der Waals surface area contributed by atoms with Crippen LogP contribution in [0.3, 0.4) is 0 Å². The smallest absolute Gasteiger partial charge is 0.428 e. The largest absolute Gasteiger partial charge is 0.461 e. The summed E-state index contributed by atoms with van der Waals surface area (Å²) in [5, 5.41) is 32.5. The number of H-pyrrole nitrogens is 1. The van der Waals surface area contributed by atoms with E-state index in [9.17, 15) is 55.9 Å². The van der Waals surface area contributed by atoms with Gasteiger partial charge in [-0.1, -0.05) is 134 Å². The Morgan fingerprint density at radius 2 is 0.824 bits per heavy atom. The van der Waals surface area contributed by atoms with Crippen molar-refractivity contribution in [1.29, 1.82) is 0 Å². The summed E-state index contributed by atoms with van der Waals surface area (Å²) in [6.07, 6.45) is -5.45. The molecule has 11 N–H and O–H groups in total. The standard InChI is InChI=1S/C22H26N4O2.C20H18F4N2O3.C20H22N2O2.C18H17N3O.C18H21N3O/c1-15-14-20(27)24-19-5-3-4-18(21(19)23-15)16-6-8-17(9-7-16)22(28)26-12-10-25(2)11-13-26;1-11-8-17(28)26-15-7-3-6-14(18(15)25-11)16(27)10-12-4-2-5-13(9-12)29-20(23,24)19(21)22;1-3-14-6-4-7-15(11-14)12-18(23)16-8-5-9-17-20(16)21-13(2)10-19(24)22-17;1-11-9-17(22)21-15-8-4-6-13(18(15)19-11)16-10-12-5-2-3-7-14(12)20-16;1-12-11-17(22)20-16-6-4-5-15(18(16)19-12)13-7-9-14(10-8-13)21(2)3/h3-9,15,23H,10-14H2,1-2H3,(H,24,27);2-7,9,11,19,25H,8,10H2,1H3,(H,26,28);4-9,11,13,21H,3,10,12H2,1-2H3,(H,22,24);2-8,10-11,19-20H,9H2,1H3,(H,21,22);4-10,12,19H,11H2,1-3H3,(H,20,22)/t15-;;;11-;12-/m1..11/s1. The van der Waals surface area contributed by atoms with Gasteiger partial charge in [0.1, 0.15) is 5.75 Å². The number of benzene rings is 10. The van der Waals surface area contributed by atoms with Gasteiger partial charge in [0.2, 0.25) is 29.5 Å². The summed E-state index contributed by atoms with van der Waals surface area (Å²) >= 11 is 0. The zero-order chi connectivity index (χ0) is 88.8. The average Bonchev–Trinajstić information content (AvgIpc) is 1.59. The average molecular weight is 1700 g/mol. The molecule has 6 aliphatic heterocycles. The SMILES string of the molecule is CC1CC(=O)Nc2cccc(C(=O)Cc3cccc(OC(F)(F)C(F)F)c3)c2N1.CCc1cccc(CC(=O)c2cccc3c2NC(C)CC(=O)N3)c1.C[C@@H]1CC(=O)Nc2cccc(-c3cc4ccccc4[nH]3)c2N1.C[C@@H]1CC(=O)Nc2cccc(-c3ccc(C(=O)N4CCN(C)CC4)cc3)c2N1.C[C@@H]1CC(=O)Nc2cccc(-c3ccc(N(C)C)cc3)c2N1. The Hall–Kier alpha value is -13.8. The van der Waals surface area contributed by atoms with Crippen LogP contribution in [0.15, 0.2) is 218 Å². The molecule has 648 valence electrons. The van der Waals surface area contributed by atoms with Crippen molar-refractivity contribution in [3.8, 4) is 39.3 Å². The molecule has 0 radical (unpaired) electrons. The number of aromatic nitrogens is 1. The van der Waals surface area contributed by atoms with Gasteiger partial charge in [0.25, 0.3) is 5.91 Å². The number of nitrogens with zero attached hydrogens (tertiary/aromatic N) is 3. The minimum Gasteiger partial charge on any atom is -0.428 e. The van der Waals surface area contributed by atoms with Crippen LogP contribution in [0.5, 0.6) is 5.75 Å². The summed E-state index contributed by atoms with van der Waals surface area (Å²) in [5.41, 5.74) is 20.7. The van der Waals surface area contributed by atoms with Gasteiger partial charge in [-0.15, -0.1) is 0 Å². The minimum atomic E-state index is -4.63. The zero-order valence-corrected chi connectivity index (χ0v) is 71.3. The molecule has 0 spiro atoms. The van der Waals surface area contributed by atoms with Crippen molar-refractivity contribution in [2.24, 2.45) is 0 Å². The van der Waals surface area contributed by atoms with Crippen LogP contribution in [-0.2, 0) is 43.2 Å². The highest BCUT2D eigenvalue weighted by atomic mass is 19.3. The Bertz CT molecular complexity index is 5760. The molecule has 27 heteroatoms. The van der Waals surface area contributed by atoms with E-state index in [0.717, 1.165) is 129 Å². The Labute approximate surface area is 724 Å². The number of ether oxygens (including phenoxy) is 1. The molecule has 7 heterocycles. The van der Waals surface area contributed by atoms with Gasteiger partial charge < -0.3 is 77.6 Å². The number of para-hydroxylation sites is 6. The maximum atomic E-state index is 13.1. The third-order valence-corrected chi connectivity index (χ3v) is 22.0. The monoisotopic (exact) mass is 1700 g/mol. The molecule has 0 saturated carbocycles. The van der Waals surface area contributed by atoms with E-state index < -0.39 is 18.3 Å². The molecule has 125 heavy (non-hydrogen) atoms. The first-order valence-electron chi connectivity index (χ1n) is 42.0. The van der Waals surface area contributed by atoms with Crippen LogP contribution in [0.2, 0.25) is 0 Å². The van der Waals surface area contributed by atoms with Gasteiger partial charge >= 0.3 is 12.5 Å². The van der Waals surface area contributed by atoms with Gasteiger partial charge in [0, 0.05) is 171 Å². The molecule has 1 saturated heterocycles. The number of carbonyl (C=O) groups excluding carboxylic acids is 8. The number of fused-ring (bicyclic) bond motifs is 6. The lowest BCUT2D eigenvalue weighted by molar-refractivity contribution is -0.253. The Morgan fingerprint density at radius 3 is 1.26 bits per heavy atom. The number of halogens is 4. The van der Waals surface area contributed by atoms with Crippen molar-refractivity contribution in [3.05, 3.63) is 252 Å². The number of Topliss-reactive ketones (excluding diaryl/α,β-unsaturated/α-hetero) is 2. The first-order valence-corrected chi connectivity index (χ1v) is 42.0. The number of rotatable bonds is 15. The maximum absolute atomic E-state index is 13.1. The van der Waals surface area contributed by atoms with Crippen molar-refractivity contribution < 1.29 is 60.7 Å². The van der Waals surface area contributed by atoms with Crippen LogP contribution in [0.25, 0.3) is 44.4 Å². The number of anilines is 11. The molecule has 1 fully saturated rings. The molecule has 5 atom stereocenters. The van der Waals surface area contributed by atoms with E-state index in [4.69, 9.17) is 0 Å². The molecule has 11 aromatic rings. The summed E-state index contributed by atoms with van der Waals surface area (Å²) in [6.45, 7) is 15.3. The van der Waals surface area contributed by atoms with E-state index in [1.807, 2.05) is 156 Å². The second-order valence-electron chi connectivity index (χ2n) is 32.5. The molecule has 6 aliphatic rings. The predicted molar refractivity (Wildman–Crippen MR) is 490 cm³/mol. The molecule has 10 aromatic carbocycles. The number of likely N-dealkylation sites (N-methyl/N-ethyl adjacent to an activating group) is 1. The summed E-state index contributed by atoms with van der Waals surface area (Å²) in [4.78, 5) is 108. The summed E-state index contributed by atoms with van der Waals surface area (Å²) in [5.74, 6) is -0.758. The van der Waals surface area contributed by atoms with Crippen LogP contribution >= 0.6 is 0 Å². The number of nitrogens with one attached hydrogen (secondary N) is 11. The number of piperazine rings is 1. The van der Waals surface area contributed by atoms with Gasteiger partial charge in [0.05, 0.1) is 56.9 Å². The predicted octanol–water partition coefficient (Wildman–Crippen LogP) is 18.7. The second-order valence-corrected chi connectivity index (χ2v) is 32.5. The molecule has 0 bridgehead atoms. The summed E-state index contributed by atoms with van der Waals surface area (Å²) < 4.78 is 54.9. The molecular formula is C98H104F4N14O9. The topological polar surface area (TPSA) is 292 Å². The van der Waals surface area contributed by atoms with E-state index in [0.29, 0.717) is 71.4 Å². The van der Waals surface area contributed by atoms with Gasteiger partial charge in [0.15, 0.2) is 11.6 Å². The first-order chi connectivity index (χ1) is 60.0. The quantitative estimate of drug-likeness (QED) is 0.0336. The fourth-order valence-electron chi connectivity index (χ4n) is 15.7. The zero-order valence-electron chi connectivity index (χ0n) is 71.3. The number of aromatic amines is 1. The fraction of sp³-hybridized carbons (Fsp3) is 0.286. The molecule has 2 unspecified atom stereocenters. The van der Waals surface area contributed by atoms with E-state index in [-0.39, 0.29) is 90.1 Å². The maximum Gasteiger partial charge on any atom is 0.461 e. The number of ketones is 2. The lowest BCUT2D eigenvalue weighted by Gasteiger charge is -2.32. The highest BCUT2D eigenvalue weighted by Gasteiger charge is 2.44. The summed E-state index contributed by atoms with van der Waals surface area (Å²) in [7, 11) is 6.14. The number of amides is 6. The minimum absolute atomic E-state index is 0.0105.